The number of fused-ring (bicyclic) bond motifs is 12. The Morgan fingerprint density at radius 2 is 0.696 bits per heavy atom. The standard InChI is InChI=1S/C54H40N2/c1-53(2)43-21-9-5-15-35(43)39-19-13-25-49(51(39)53)55-45-23-11-7-17-37(45)41-31-33(27-29-47(41)55)34-28-30-48-42(32-34)38-18-8-12-24-46(38)56(48)50-26-14-20-40-36-16-6-10-22-44(36)54(3,4)52(40)50/h5-32H,1-4H3. The fourth-order valence-electron chi connectivity index (χ4n) is 10.8. The molecule has 10 aromatic rings. The molecule has 0 amide bonds. The zero-order valence-electron chi connectivity index (χ0n) is 32.1. The van der Waals surface area contributed by atoms with Gasteiger partial charge in [-0.1, -0.05) is 149 Å². The summed E-state index contributed by atoms with van der Waals surface area (Å²) >= 11 is 0. The molecule has 2 heteroatoms. The summed E-state index contributed by atoms with van der Waals surface area (Å²) in [6, 6.07) is 63.6. The van der Waals surface area contributed by atoms with Crippen molar-refractivity contribution in [3.63, 3.8) is 0 Å². The van der Waals surface area contributed by atoms with Gasteiger partial charge in [0.25, 0.3) is 0 Å². The summed E-state index contributed by atoms with van der Waals surface area (Å²) in [6.45, 7) is 9.52. The van der Waals surface area contributed by atoms with Crippen LogP contribution in [-0.2, 0) is 10.8 Å². The number of benzene rings is 8. The number of hydrogen-bond donors (Lipinski definition) is 0. The lowest BCUT2D eigenvalue weighted by Crippen LogP contribution is -2.18. The predicted octanol–water partition coefficient (Wildman–Crippen LogP) is 14.2. The molecule has 2 nitrogen and oxygen atoms in total. The molecule has 2 aliphatic carbocycles. The highest BCUT2D eigenvalue weighted by atomic mass is 15.0. The molecule has 0 spiro atoms. The van der Waals surface area contributed by atoms with Crippen molar-refractivity contribution in [2.75, 3.05) is 0 Å². The number of para-hydroxylation sites is 2. The van der Waals surface area contributed by atoms with E-state index in [1.807, 2.05) is 0 Å². The largest absolute Gasteiger partial charge is 0.309 e. The van der Waals surface area contributed by atoms with Crippen LogP contribution < -0.4 is 0 Å². The van der Waals surface area contributed by atoms with Crippen molar-refractivity contribution in [2.24, 2.45) is 0 Å². The van der Waals surface area contributed by atoms with Crippen LogP contribution in [0.2, 0.25) is 0 Å². The van der Waals surface area contributed by atoms with E-state index >= 15 is 0 Å². The Morgan fingerprint density at radius 1 is 0.321 bits per heavy atom. The zero-order chi connectivity index (χ0) is 37.5. The molecule has 2 aliphatic rings. The van der Waals surface area contributed by atoms with Gasteiger partial charge in [-0.15, -0.1) is 0 Å². The first-order chi connectivity index (χ1) is 27.3. The maximum atomic E-state index is 2.51. The Kier molecular flexibility index (Phi) is 6.22. The molecule has 2 heterocycles. The van der Waals surface area contributed by atoms with Gasteiger partial charge in [0, 0.05) is 32.4 Å². The SMILES string of the molecule is CC1(C)c2ccccc2-c2cccc(-n3c4ccccc4c4cc(-c5ccc6c(c5)c5ccccc5n6-c5cccc6c5C(C)(C)c5ccccc5-6)ccc43)c21. The zero-order valence-corrected chi connectivity index (χ0v) is 32.1. The minimum absolute atomic E-state index is 0.117. The molecule has 0 saturated carbocycles. The molecule has 0 saturated heterocycles. The van der Waals surface area contributed by atoms with Crippen molar-refractivity contribution >= 4 is 43.6 Å². The van der Waals surface area contributed by atoms with Crippen LogP contribution in [0.5, 0.6) is 0 Å². The number of hydrogen-bond acceptors (Lipinski definition) is 0. The predicted molar refractivity (Wildman–Crippen MR) is 236 cm³/mol. The lowest BCUT2D eigenvalue weighted by Gasteiger charge is -2.25. The molecule has 0 atom stereocenters. The van der Waals surface area contributed by atoms with Crippen LogP contribution in [0.3, 0.4) is 0 Å². The molecule has 0 N–H and O–H groups in total. The molecule has 266 valence electrons. The minimum Gasteiger partial charge on any atom is -0.309 e. The first-order valence-corrected chi connectivity index (χ1v) is 19.9. The second-order valence-corrected chi connectivity index (χ2v) is 16.9. The maximum absolute atomic E-state index is 2.51. The van der Waals surface area contributed by atoms with E-state index < -0.39 is 0 Å². The van der Waals surface area contributed by atoms with Gasteiger partial charge in [0.2, 0.25) is 0 Å². The van der Waals surface area contributed by atoms with Crippen LogP contribution >= 0.6 is 0 Å². The summed E-state index contributed by atoms with van der Waals surface area (Å²) < 4.78 is 5.02. The number of rotatable bonds is 3. The highest BCUT2D eigenvalue weighted by Crippen LogP contribution is 2.53. The van der Waals surface area contributed by atoms with Gasteiger partial charge in [-0.2, -0.15) is 0 Å². The van der Waals surface area contributed by atoms with E-state index in [0.29, 0.717) is 0 Å². The van der Waals surface area contributed by atoms with E-state index in [4.69, 9.17) is 0 Å². The van der Waals surface area contributed by atoms with Crippen molar-refractivity contribution in [2.45, 2.75) is 38.5 Å². The van der Waals surface area contributed by atoms with Crippen LogP contribution in [0.1, 0.15) is 49.9 Å². The van der Waals surface area contributed by atoms with Crippen molar-refractivity contribution in [1.82, 2.24) is 9.13 Å². The minimum atomic E-state index is -0.117. The third-order valence-corrected chi connectivity index (χ3v) is 13.3. The molecule has 0 unspecified atom stereocenters. The van der Waals surface area contributed by atoms with E-state index in [0.717, 1.165) is 0 Å². The average Bonchev–Trinajstić information content (AvgIpc) is 3.89. The smallest absolute Gasteiger partial charge is 0.0541 e. The van der Waals surface area contributed by atoms with Crippen LogP contribution in [0, 0.1) is 0 Å². The van der Waals surface area contributed by atoms with Crippen molar-refractivity contribution in [3.8, 4) is 44.8 Å². The molecule has 0 aliphatic heterocycles. The van der Waals surface area contributed by atoms with Gasteiger partial charge < -0.3 is 9.13 Å². The third-order valence-electron chi connectivity index (χ3n) is 13.3. The van der Waals surface area contributed by atoms with Gasteiger partial charge in [-0.3, -0.25) is 0 Å². The molecule has 8 aromatic carbocycles. The molecule has 0 radical (unpaired) electrons. The fourth-order valence-corrected chi connectivity index (χ4v) is 10.8. The van der Waals surface area contributed by atoms with Gasteiger partial charge in [0.05, 0.1) is 33.4 Å². The fraction of sp³-hybridized carbons (Fsp3) is 0.111. The normalized spacial score (nSPS) is 14.7. The van der Waals surface area contributed by atoms with E-state index in [2.05, 4.69) is 207 Å². The Labute approximate surface area is 326 Å². The maximum Gasteiger partial charge on any atom is 0.0541 e. The molecular weight excluding hydrogens is 677 g/mol. The van der Waals surface area contributed by atoms with Crippen molar-refractivity contribution < 1.29 is 0 Å². The van der Waals surface area contributed by atoms with Crippen molar-refractivity contribution in [3.05, 3.63) is 192 Å². The van der Waals surface area contributed by atoms with Crippen LogP contribution in [0.25, 0.3) is 88.4 Å². The third kappa shape index (κ3) is 4.01. The summed E-state index contributed by atoms with van der Waals surface area (Å²) in [5, 5.41) is 5.09. The summed E-state index contributed by atoms with van der Waals surface area (Å²) in [5.74, 6) is 0. The summed E-state index contributed by atoms with van der Waals surface area (Å²) in [5.41, 5.74) is 20.6. The molecule has 12 rings (SSSR count). The Morgan fingerprint density at radius 3 is 1.16 bits per heavy atom. The molecule has 56 heavy (non-hydrogen) atoms. The first kappa shape index (κ1) is 31.7. The molecule has 0 bridgehead atoms. The van der Waals surface area contributed by atoms with Gasteiger partial charge in [-0.25, -0.2) is 0 Å². The Bertz CT molecular complexity index is 3090. The topological polar surface area (TPSA) is 9.86 Å². The van der Waals surface area contributed by atoms with Crippen molar-refractivity contribution in [1.29, 1.82) is 0 Å². The second kappa shape index (κ2) is 11.0. The number of aromatic nitrogens is 2. The van der Waals surface area contributed by atoms with Crippen LogP contribution in [-0.4, -0.2) is 9.13 Å². The first-order valence-electron chi connectivity index (χ1n) is 19.9. The lowest BCUT2D eigenvalue weighted by molar-refractivity contribution is 0.656. The lowest BCUT2D eigenvalue weighted by atomic mass is 9.81. The average molecular weight is 717 g/mol. The summed E-state index contributed by atoms with van der Waals surface area (Å²) in [7, 11) is 0. The Balaban J connectivity index is 1.05. The van der Waals surface area contributed by atoms with E-state index in [9.17, 15) is 0 Å². The molecule has 0 fully saturated rings. The monoisotopic (exact) mass is 716 g/mol. The summed E-state index contributed by atoms with van der Waals surface area (Å²) in [4.78, 5) is 0. The van der Waals surface area contributed by atoms with Gasteiger partial charge in [0.15, 0.2) is 0 Å². The van der Waals surface area contributed by atoms with Crippen LogP contribution in [0.4, 0.5) is 0 Å². The van der Waals surface area contributed by atoms with E-state index in [-0.39, 0.29) is 10.8 Å². The Hall–Kier alpha value is -6.64. The van der Waals surface area contributed by atoms with E-state index in [1.54, 1.807) is 0 Å². The molecular formula is C54H40N2. The highest BCUT2D eigenvalue weighted by Gasteiger charge is 2.39. The van der Waals surface area contributed by atoms with Gasteiger partial charge in [0.1, 0.15) is 0 Å². The molecule has 2 aromatic heterocycles. The van der Waals surface area contributed by atoms with Gasteiger partial charge in [-0.05, 0) is 104 Å². The van der Waals surface area contributed by atoms with Gasteiger partial charge >= 0.3 is 0 Å². The van der Waals surface area contributed by atoms with E-state index in [1.165, 1.54) is 111 Å². The number of nitrogens with zero attached hydrogens (tertiary/aromatic N) is 2. The highest BCUT2D eigenvalue weighted by molar-refractivity contribution is 6.13. The summed E-state index contributed by atoms with van der Waals surface area (Å²) in [6.07, 6.45) is 0. The van der Waals surface area contributed by atoms with Crippen LogP contribution in [0.15, 0.2) is 170 Å². The quantitative estimate of drug-likeness (QED) is 0.172. The second-order valence-electron chi connectivity index (χ2n) is 16.9.